The van der Waals surface area contributed by atoms with Crippen molar-refractivity contribution in [2.45, 2.75) is 17.2 Å². The largest absolute Gasteiger partial charge is 0.387 e. The van der Waals surface area contributed by atoms with Gasteiger partial charge in [0.05, 0.1) is 11.8 Å². The fourth-order valence-electron chi connectivity index (χ4n) is 1.54. The molecule has 2 rings (SSSR count). The second-order valence-electron chi connectivity index (χ2n) is 3.82. The average molecular weight is 278 g/mol. The quantitative estimate of drug-likeness (QED) is 0.501. The Morgan fingerprint density at radius 2 is 2.11 bits per heavy atom. The summed E-state index contributed by atoms with van der Waals surface area (Å²) in [6.45, 7) is 1.93. The second-order valence-corrected chi connectivity index (χ2v) is 6.27. The highest BCUT2D eigenvalue weighted by atomic mass is 32.2. The Morgan fingerprint density at radius 1 is 1.39 bits per heavy atom. The van der Waals surface area contributed by atoms with Gasteiger partial charge in [-0.15, -0.1) is 10.2 Å². The van der Waals surface area contributed by atoms with E-state index in [1.165, 1.54) is 0 Å². The van der Waals surface area contributed by atoms with Gasteiger partial charge in [0.2, 0.25) is 0 Å². The molecule has 0 fully saturated rings. The molecular weight excluding hydrogens is 264 g/mol. The van der Waals surface area contributed by atoms with Gasteiger partial charge in [-0.25, -0.2) is 0 Å². The van der Waals surface area contributed by atoms with E-state index in [-0.39, 0.29) is 11.8 Å². The molecule has 3 N–H and O–H groups in total. The zero-order valence-corrected chi connectivity index (χ0v) is 11.6. The van der Waals surface area contributed by atoms with Gasteiger partial charge in [-0.1, -0.05) is 53.4 Å². The Bertz CT molecular complexity index is 524. The van der Waals surface area contributed by atoms with Crippen LogP contribution in [0.4, 0.5) is 0 Å². The van der Waals surface area contributed by atoms with Crippen LogP contribution in [0, 0.1) is 12.3 Å². The number of amidine groups is 1. The summed E-state index contributed by atoms with van der Waals surface area (Å²) in [4.78, 5) is 0. The molecule has 0 aliphatic carbocycles. The Morgan fingerprint density at radius 3 is 2.67 bits per heavy atom. The second kappa shape index (κ2) is 5.97. The van der Waals surface area contributed by atoms with Crippen LogP contribution in [0.2, 0.25) is 0 Å². The highest BCUT2D eigenvalue weighted by Crippen LogP contribution is 2.28. The van der Waals surface area contributed by atoms with Crippen LogP contribution < -0.4 is 5.73 Å². The van der Waals surface area contributed by atoms with Gasteiger partial charge in [0.1, 0.15) is 5.01 Å². The lowest BCUT2D eigenvalue weighted by molar-refractivity contribution is 0.972. The minimum Gasteiger partial charge on any atom is -0.387 e. The maximum absolute atomic E-state index is 7.69. The first-order valence-corrected chi connectivity index (χ1v) is 7.29. The number of nitrogens with two attached hydrogens (primary N) is 1. The van der Waals surface area contributed by atoms with E-state index in [2.05, 4.69) is 10.2 Å². The SMILES string of the molecule is Cc1nnc(SCC(C(=N)N)c2ccccc2)s1. The van der Waals surface area contributed by atoms with Gasteiger partial charge >= 0.3 is 0 Å². The highest BCUT2D eigenvalue weighted by molar-refractivity contribution is 8.01. The van der Waals surface area contributed by atoms with E-state index in [0.29, 0.717) is 5.75 Å². The summed E-state index contributed by atoms with van der Waals surface area (Å²) >= 11 is 3.16. The van der Waals surface area contributed by atoms with E-state index < -0.39 is 0 Å². The molecule has 1 atom stereocenters. The van der Waals surface area contributed by atoms with Crippen LogP contribution in [0.15, 0.2) is 34.7 Å². The van der Waals surface area contributed by atoms with Crippen LogP contribution in [0.5, 0.6) is 0 Å². The number of thioether (sulfide) groups is 1. The molecular formula is C12H14N4S2. The molecule has 1 aromatic carbocycles. The van der Waals surface area contributed by atoms with E-state index in [4.69, 9.17) is 11.1 Å². The Kier molecular flexibility index (Phi) is 4.33. The lowest BCUT2D eigenvalue weighted by Crippen LogP contribution is -2.22. The number of benzene rings is 1. The van der Waals surface area contributed by atoms with Crippen LogP contribution in [0.1, 0.15) is 16.5 Å². The molecule has 1 heterocycles. The van der Waals surface area contributed by atoms with Crippen molar-refractivity contribution in [1.82, 2.24) is 10.2 Å². The number of rotatable bonds is 5. The minimum absolute atomic E-state index is 0.0691. The fraction of sp³-hybridized carbons (Fsp3) is 0.250. The summed E-state index contributed by atoms with van der Waals surface area (Å²) in [7, 11) is 0. The summed E-state index contributed by atoms with van der Waals surface area (Å²) in [6.07, 6.45) is 0. The zero-order valence-electron chi connectivity index (χ0n) is 9.96. The molecule has 6 heteroatoms. The molecule has 1 aromatic heterocycles. The molecule has 94 valence electrons. The van der Waals surface area contributed by atoms with Crippen molar-refractivity contribution in [2.24, 2.45) is 5.73 Å². The number of hydrogen-bond acceptors (Lipinski definition) is 5. The van der Waals surface area contributed by atoms with Gasteiger partial charge < -0.3 is 5.73 Å². The van der Waals surface area contributed by atoms with Crippen molar-refractivity contribution in [3.05, 3.63) is 40.9 Å². The summed E-state index contributed by atoms with van der Waals surface area (Å²) in [5.41, 5.74) is 6.74. The highest BCUT2D eigenvalue weighted by Gasteiger charge is 2.16. The van der Waals surface area contributed by atoms with Crippen LogP contribution in [0.3, 0.4) is 0 Å². The molecule has 4 nitrogen and oxygen atoms in total. The molecule has 18 heavy (non-hydrogen) atoms. The third-order valence-corrected chi connectivity index (χ3v) is 4.52. The normalized spacial score (nSPS) is 12.3. The Hall–Kier alpha value is -1.40. The fourth-order valence-corrected chi connectivity index (χ4v) is 3.54. The molecule has 0 spiro atoms. The first kappa shape index (κ1) is 13.0. The number of nitrogens with zero attached hydrogens (tertiary/aromatic N) is 2. The van der Waals surface area contributed by atoms with Crippen LogP contribution >= 0.6 is 23.1 Å². The summed E-state index contributed by atoms with van der Waals surface area (Å²) in [5, 5.41) is 16.7. The Balaban J connectivity index is 2.06. The standard InChI is InChI=1S/C12H14N4S2/c1-8-15-16-12(18-8)17-7-10(11(13)14)9-5-3-2-4-6-9/h2-6,10H,7H2,1H3,(H3,13,14). The zero-order chi connectivity index (χ0) is 13.0. The molecule has 0 bridgehead atoms. The molecule has 0 radical (unpaired) electrons. The first-order chi connectivity index (χ1) is 8.66. The molecule has 0 aliphatic heterocycles. The van der Waals surface area contributed by atoms with E-state index in [1.807, 2.05) is 37.3 Å². The van der Waals surface area contributed by atoms with Crippen LogP contribution in [0.25, 0.3) is 0 Å². The van der Waals surface area contributed by atoms with Crippen LogP contribution in [-0.4, -0.2) is 21.8 Å². The topological polar surface area (TPSA) is 75.7 Å². The molecule has 0 amide bonds. The van der Waals surface area contributed by atoms with E-state index in [1.54, 1.807) is 23.1 Å². The summed E-state index contributed by atoms with van der Waals surface area (Å²) in [6, 6.07) is 9.88. The molecule has 2 aromatic rings. The van der Waals surface area contributed by atoms with Crippen molar-refractivity contribution in [1.29, 1.82) is 5.41 Å². The van der Waals surface area contributed by atoms with Crippen molar-refractivity contribution in [2.75, 3.05) is 5.75 Å². The minimum atomic E-state index is -0.0691. The third-order valence-electron chi connectivity index (χ3n) is 2.46. The van der Waals surface area contributed by atoms with Gasteiger partial charge in [0.15, 0.2) is 4.34 Å². The number of hydrogen-bond donors (Lipinski definition) is 2. The summed E-state index contributed by atoms with van der Waals surface area (Å²) < 4.78 is 0.926. The first-order valence-electron chi connectivity index (χ1n) is 5.48. The van der Waals surface area contributed by atoms with E-state index in [0.717, 1.165) is 14.9 Å². The average Bonchev–Trinajstić information content (AvgIpc) is 2.76. The molecule has 0 aliphatic rings. The molecule has 0 saturated carbocycles. The predicted molar refractivity (Wildman–Crippen MR) is 76.5 cm³/mol. The number of aryl methyl sites for hydroxylation is 1. The Labute approximate surface area is 114 Å². The van der Waals surface area contributed by atoms with Gasteiger partial charge in [-0.3, -0.25) is 5.41 Å². The predicted octanol–water partition coefficient (Wildman–Crippen LogP) is 2.66. The van der Waals surface area contributed by atoms with Gasteiger partial charge in [-0.2, -0.15) is 0 Å². The number of nitrogens with one attached hydrogen (secondary N) is 1. The van der Waals surface area contributed by atoms with Crippen LogP contribution in [-0.2, 0) is 0 Å². The molecule has 0 saturated heterocycles. The molecule has 1 unspecified atom stereocenters. The lowest BCUT2D eigenvalue weighted by Gasteiger charge is -2.14. The van der Waals surface area contributed by atoms with Crippen molar-refractivity contribution in [3.63, 3.8) is 0 Å². The van der Waals surface area contributed by atoms with Gasteiger partial charge in [-0.05, 0) is 12.5 Å². The van der Waals surface area contributed by atoms with Gasteiger partial charge in [0.25, 0.3) is 0 Å². The third kappa shape index (κ3) is 3.30. The van der Waals surface area contributed by atoms with Crippen molar-refractivity contribution >= 4 is 28.9 Å². The maximum Gasteiger partial charge on any atom is 0.174 e. The van der Waals surface area contributed by atoms with Crippen molar-refractivity contribution < 1.29 is 0 Å². The maximum atomic E-state index is 7.69. The number of aromatic nitrogens is 2. The summed E-state index contributed by atoms with van der Waals surface area (Å²) in [5.74, 6) is 0.837. The smallest absolute Gasteiger partial charge is 0.174 e. The van der Waals surface area contributed by atoms with E-state index in [9.17, 15) is 0 Å². The van der Waals surface area contributed by atoms with Crippen molar-refractivity contribution in [3.8, 4) is 0 Å². The monoisotopic (exact) mass is 278 g/mol. The lowest BCUT2D eigenvalue weighted by atomic mass is 10.0. The van der Waals surface area contributed by atoms with E-state index >= 15 is 0 Å². The van der Waals surface area contributed by atoms with Gasteiger partial charge in [0, 0.05) is 5.75 Å².